The minimum absolute atomic E-state index is 0.0181. The largest absolute Gasteiger partial charge is 0.394 e. The van der Waals surface area contributed by atoms with Crippen LogP contribution in [0.4, 0.5) is 5.95 Å². The van der Waals surface area contributed by atoms with E-state index in [0.29, 0.717) is 31.9 Å². The summed E-state index contributed by atoms with van der Waals surface area (Å²) in [6.07, 6.45) is 0. The number of benzene rings is 1. The van der Waals surface area contributed by atoms with Crippen molar-refractivity contribution in [1.82, 2.24) is 14.9 Å². The number of aliphatic hydroxyl groups excluding tert-OH is 1. The van der Waals surface area contributed by atoms with Gasteiger partial charge in [0.2, 0.25) is 5.95 Å². The summed E-state index contributed by atoms with van der Waals surface area (Å²) < 4.78 is 12.6. The molecule has 2 aromatic rings. The van der Waals surface area contributed by atoms with E-state index in [0.717, 1.165) is 30.1 Å². The second kappa shape index (κ2) is 8.28. The van der Waals surface area contributed by atoms with Crippen molar-refractivity contribution >= 4 is 22.9 Å². The Morgan fingerprint density at radius 1 is 1.36 bits per heavy atom. The number of anilines is 1. The summed E-state index contributed by atoms with van der Waals surface area (Å²) in [5.74, 6) is 0.737. The molecule has 25 heavy (non-hydrogen) atoms. The van der Waals surface area contributed by atoms with Gasteiger partial charge in [0, 0.05) is 32.2 Å². The quantitative estimate of drug-likeness (QED) is 0.693. The summed E-state index contributed by atoms with van der Waals surface area (Å²) in [4.78, 5) is 19.1. The lowest BCUT2D eigenvalue weighted by molar-refractivity contribution is 0.0838. The van der Waals surface area contributed by atoms with E-state index in [-0.39, 0.29) is 19.1 Å². The topological polar surface area (TPSA) is 88.9 Å². The van der Waals surface area contributed by atoms with Crippen LogP contribution in [-0.4, -0.2) is 73.2 Å². The maximum Gasteiger partial charge on any atom is 0.251 e. The van der Waals surface area contributed by atoms with E-state index in [4.69, 9.17) is 19.6 Å². The van der Waals surface area contributed by atoms with Crippen LogP contribution in [0.25, 0.3) is 11.0 Å². The van der Waals surface area contributed by atoms with Crippen molar-refractivity contribution in [2.24, 2.45) is 7.05 Å². The predicted molar refractivity (Wildman–Crippen MR) is 94.0 cm³/mol. The fourth-order valence-corrected chi connectivity index (χ4v) is 2.88. The van der Waals surface area contributed by atoms with Crippen molar-refractivity contribution in [2.45, 2.75) is 0 Å². The Labute approximate surface area is 146 Å². The number of ether oxygens (including phenoxy) is 2. The zero-order chi connectivity index (χ0) is 17.6. The van der Waals surface area contributed by atoms with Crippen LogP contribution in [0.5, 0.6) is 0 Å². The van der Waals surface area contributed by atoms with Crippen molar-refractivity contribution < 1.29 is 19.4 Å². The monoisotopic (exact) mass is 348 g/mol. The van der Waals surface area contributed by atoms with Gasteiger partial charge in [-0.3, -0.25) is 4.79 Å². The van der Waals surface area contributed by atoms with E-state index in [9.17, 15) is 4.79 Å². The smallest absolute Gasteiger partial charge is 0.251 e. The molecular weight excluding hydrogens is 324 g/mol. The molecule has 1 aromatic heterocycles. The minimum Gasteiger partial charge on any atom is -0.394 e. The molecule has 1 aliphatic rings. The average Bonchev–Trinajstić information content (AvgIpc) is 2.98. The second-order valence-corrected chi connectivity index (χ2v) is 5.87. The molecule has 1 saturated heterocycles. The molecule has 136 valence electrons. The van der Waals surface area contributed by atoms with Crippen LogP contribution in [0.1, 0.15) is 10.4 Å². The summed E-state index contributed by atoms with van der Waals surface area (Å²) in [7, 11) is 1.98. The van der Waals surface area contributed by atoms with Gasteiger partial charge in [-0.2, -0.15) is 0 Å². The molecule has 0 aliphatic carbocycles. The fraction of sp³-hybridized carbons (Fsp3) is 0.529. The van der Waals surface area contributed by atoms with E-state index in [1.54, 1.807) is 6.07 Å². The maximum absolute atomic E-state index is 12.2. The van der Waals surface area contributed by atoms with Crippen molar-refractivity contribution in [1.29, 1.82) is 0 Å². The van der Waals surface area contributed by atoms with Gasteiger partial charge < -0.3 is 29.4 Å². The fourth-order valence-electron chi connectivity index (χ4n) is 2.88. The van der Waals surface area contributed by atoms with Crippen LogP contribution >= 0.6 is 0 Å². The number of nitrogens with one attached hydrogen (secondary N) is 1. The van der Waals surface area contributed by atoms with Crippen LogP contribution in [0.3, 0.4) is 0 Å². The first-order chi connectivity index (χ1) is 12.2. The molecule has 8 heteroatoms. The Hall–Kier alpha value is -2.16. The van der Waals surface area contributed by atoms with Gasteiger partial charge in [0.15, 0.2) is 0 Å². The van der Waals surface area contributed by atoms with E-state index < -0.39 is 0 Å². The molecular formula is C17H24N4O4. The molecule has 0 bridgehead atoms. The zero-order valence-electron chi connectivity index (χ0n) is 14.4. The number of imidazole rings is 1. The summed E-state index contributed by atoms with van der Waals surface area (Å²) >= 11 is 0. The van der Waals surface area contributed by atoms with Gasteiger partial charge in [0.25, 0.3) is 5.91 Å². The Morgan fingerprint density at radius 3 is 2.92 bits per heavy atom. The van der Waals surface area contributed by atoms with Gasteiger partial charge in [0.05, 0.1) is 44.1 Å². The molecule has 0 saturated carbocycles. The minimum atomic E-state index is -0.159. The highest BCUT2D eigenvalue weighted by atomic mass is 16.5. The lowest BCUT2D eigenvalue weighted by atomic mass is 10.2. The maximum atomic E-state index is 12.2. The molecule has 1 aromatic carbocycles. The Morgan fingerprint density at radius 2 is 2.16 bits per heavy atom. The molecule has 1 fully saturated rings. The van der Waals surface area contributed by atoms with Crippen molar-refractivity contribution in [3.8, 4) is 0 Å². The molecule has 8 nitrogen and oxygen atoms in total. The summed E-state index contributed by atoms with van der Waals surface area (Å²) in [6, 6.07) is 5.53. The number of hydrogen-bond donors (Lipinski definition) is 2. The highest BCUT2D eigenvalue weighted by molar-refractivity contribution is 5.97. The van der Waals surface area contributed by atoms with E-state index in [1.165, 1.54) is 0 Å². The van der Waals surface area contributed by atoms with E-state index in [2.05, 4.69) is 10.2 Å². The Bertz CT molecular complexity index is 725. The standard InChI is InChI=1S/C17H24N4O4/c1-20-15-3-2-13(16(23)18-4-8-24-11-7-22)12-14(15)19-17(20)21-5-9-25-10-6-21/h2-3,12,22H,4-11H2,1H3,(H,18,23). The zero-order valence-corrected chi connectivity index (χ0v) is 14.4. The van der Waals surface area contributed by atoms with E-state index in [1.807, 2.05) is 23.7 Å². The Balaban J connectivity index is 1.70. The van der Waals surface area contributed by atoms with Crippen LogP contribution in [-0.2, 0) is 16.5 Å². The molecule has 0 radical (unpaired) electrons. The number of aryl methyl sites for hydroxylation is 1. The normalized spacial score (nSPS) is 14.9. The third kappa shape index (κ3) is 4.09. The summed E-state index contributed by atoms with van der Waals surface area (Å²) in [5.41, 5.74) is 2.36. The average molecular weight is 348 g/mol. The molecule has 0 atom stereocenters. The first-order valence-corrected chi connectivity index (χ1v) is 8.46. The van der Waals surface area contributed by atoms with Crippen molar-refractivity contribution in [3.05, 3.63) is 23.8 Å². The highest BCUT2D eigenvalue weighted by Crippen LogP contribution is 2.23. The number of aromatic nitrogens is 2. The number of nitrogens with zero attached hydrogens (tertiary/aromatic N) is 3. The van der Waals surface area contributed by atoms with E-state index >= 15 is 0 Å². The number of rotatable bonds is 7. The summed E-state index contributed by atoms with van der Waals surface area (Å²) in [5, 5.41) is 11.4. The second-order valence-electron chi connectivity index (χ2n) is 5.87. The predicted octanol–water partition coefficient (Wildman–Crippen LogP) is 0.149. The molecule has 2 N–H and O–H groups in total. The highest BCUT2D eigenvalue weighted by Gasteiger charge is 2.18. The van der Waals surface area contributed by atoms with Gasteiger partial charge in [-0.1, -0.05) is 0 Å². The lowest BCUT2D eigenvalue weighted by Crippen LogP contribution is -2.37. The van der Waals surface area contributed by atoms with Gasteiger partial charge in [-0.05, 0) is 18.2 Å². The van der Waals surface area contributed by atoms with Gasteiger partial charge in [-0.15, -0.1) is 0 Å². The molecule has 2 heterocycles. The van der Waals surface area contributed by atoms with Crippen molar-refractivity contribution in [2.75, 3.05) is 57.6 Å². The van der Waals surface area contributed by atoms with Crippen LogP contribution < -0.4 is 10.2 Å². The lowest BCUT2D eigenvalue weighted by Gasteiger charge is -2.27. The first-order valence-electron chi connectivity index (χ1n) is 8.46. The van der Waals surface area contributed by atoms with Gasteiger partial charge in [-0.25, -0.2) is 4.98 Å². The number of morpholine rings is 1. The number of fused-ring (bicyclic) bond motifs is 1. The number of aliphatic hydroxyl groups is 1. The van der Waals surface area contributed by atoms with Crippen LogP contribution in [0.2, 0.25) is 0 Å². The summed E-state index contributed by atoms with van der Waals surface area (Å²) in [6.45, 7) is 4.08. The Kier molecular flexibility index (Phi) is 5.85. The number of amides is 1. The molecule has 1 aliphatic heterocycles. The molecule has 1 amide bonds. The SMILES string of the molecule is Cn1c(N2CCOCC2)nc2cc(C(=O)NCCOCCO)ccc21. The molecule has 0 unspecified atom stereocenters. The first kappa shape index (κ1) is 17.7. The third-order valence-electron chi connectivity index (χ3n) is 4.18. The van der Waals surface area contributed by atoms with Crippen LogP contribution in [0, 0.1) is 0 Å². The number of hydrogen-bond acceptors (Lipinski definition) is 6. The van der Waals surface area contributed by atoms with Crippen LogP contribution in [0.15, 0.2) is 18.2 Å². The van der Waals surface area contributed by atoms with Gasteiger partial charge >= 0.3 is 0 Å². The van der Waals surface area contributed by atoms with Gasteiger partial charge in [0.1, 0.15) is 0 Å². The molecule has 3 rings (SSSR count). The van der Waals surface area contributed by atoms with Crippen molar-refractivity contribution in [3.63, 3.8) is 0 Å². The third-order valence-corrected chi connectivity index (χ3v) is 4.18. The number of carbonyl (C=O) groups excluding carboxylic acids is 1. The molecule has 0 spiro atoms. The number of carbonyl (C=O) groups is 1.